The third-order valence-corrected chi connectivity index (χ3v) is 7.15. The lowest BCUT2D eigenvalue weighted by Gasteiger charge is -2.09. The van der Waals surface area contributed by atoms with Crippen LogP contribution < -0.4 is 5.56 Å². The number of halogens is 1. The number of rotatable bonds is 3. The Morgan fingerprint density at radius 2 is 1.95 bits per heavy atom. The molecule has 0 aliphatic heterocycles. The van der Waals surface area contributed by atoms with Crippen LogP contribution in [0.25, 0.3) is 32.2 Å². The average Bonchev–Trinajstić information content (AvgIpc) is 3.35. The number of hydrogen-bond acceptors (Lipinski definition) is 7. The van der Waals surface area contributed by atoms with Crippen molar-refractivity contribution < 1.29 is 9.90 Å². The molecule has 0 atom stereocenters. The predicted molar refractivity (Wildman–Crippen MR) is 144 cm³/mol. The molecule has 182 valence electrons. The second-order valence-electron chi connectivity index (χ2n) is 8.17. The summed E-state index contributed by atoms with van der Waals surface area (Å²) in [6.07, 6.45) is 1.54. The van der Waals surface area contributed by atoms with Crippen LogP contribution in [0.15, 0.2) is 52.8 Å². The van der Waals surface area contributed by atoms with E-state index in [0.717, 1.165) is 5.56 Å². The summed E-state index contributed by atoms with van der Waals surface area (Å²) >= 11 is 7.57. The first kappa shape index (κ1) is 24.7. The number of nitriles is 2. The highest BCUT2D eigenvalue weighted by Gasteiger charge is 2.17. The van der Waals surface area contributed by atoms with Gasteiger partial charge in [-0.2, -0.15) is 10.5 Å². The van der Waals surface area contributed by atoms with Gasteiger partial charge in [-0.1, -0.05) is 23.4 Å². The van der Waals surface area contributed by atoms with Crippen LogP contribution in [0.2, 0.25) is 5.02 Å². The number of aromatic nitrogens is 3. The van der Waals surface area contributed by atoms with Gasteiger partial charge in [0, 0.05) is 33.3 Å². The summed E-state index contributed by atoms with van der Waals surface area (Å²) in [4.78, 5) is 33.5. The van der Waals surface area contributed by atoms with E-state index in [0.29, 0.717) is 32.2 Å². The Morgan fingerprint density at radius 1 is 1.13 bits per heavy atom. The van der Waals surface area contributed by atoms with Gasteiger partial charge in [-0.3, -0.25) is 14.3 Å². The van der Waals surface area contributed by atoms with Crippen LogP contribution in [-0.2, 0) is 6.54 Å². The molecule has 1 N–H and O–H groups in total. The zero-order valence-corrected chi connectivity index (χ0v) is 21.2. The van der Waals surface area contributed by atoms with Crippen molar-refractivity contribution in [3.8, 4) is 35.1 Å². The van der Waals surface area contributed by atoms with E-state index in [9.17, 15) is 25.2 Å². The lowest BCUT2D eigenvalue weighted by atomic mass is 10.00. The number of thiophene rings is 1. The molecular formula is C28H14ClN5O3S. The monoisotopic (exact) mass is 535 g/mol. The van der Waals surface area contributed by atoms with Gasteiger partial charge in [0.15, 0.2) is 0 Å². The van der Waals surface area contributed by atoms with E-state index in [4.69, 9.17) is 11.6 Å². The molecule has 0 aliphatic carbocycles. The number of aromatic carboxylic acids is 1. The first-order valence-corrected chi connectivity index (χ1v) is 12.3. The van der Waals surface area contributed by atoms with Gasteiger partial charge in [-0.25, -0.2) is 9.78 Å². The highest BCUT2D eigenvalue weighted by atomic mass is 35.5. The Bertz CT molecular complexity index is 2020. The predicted octanol–water partition coefficient (Wildman–Crippen LogP) is 5.13. The SMILES string of the molecule is Cc1nc2cc(C#N)cc(C#N)c2c(=O)n1CC#Cc1ccc(Cl)cc1-c1ccnc2c(C(=O)O)csc12. The number of fused-ring (bicyclic) bond motifs is 2. The van der Waals surface area contributed by atoms with Gasteiger partial charge in [0.1, 0.15) is 11.9 Å². The second-order valence-corrected chi connectivity index (χ2v) is 9.49. The van der Waals surface area contributed by atoms with Crippen LogP contribution in [0.3, 0.4) is 0 Å². The number of benzene rings is 2. The van der Waals surface area contributed by atoms with Crippen molar-refractivity contribution in [2.75, 3.05) is 0 Å². The Labute approximate surface area is 224 Å². The lowest BCUT2D eigenvalue weighted by molar-refractivity contribution is 0.0699. The molecule has 0 radical (unpaired) electrons. The summed E-state index contributed by atoms with van der Waals surface area (Å²) in [5.41, 5.74) is 2.77. The standard InChI is InChI=1S/C28H14ClN5O3S/c1-15-33-23-10-16(12-30)9-18(13-31)24(23)27(35)34(15)8-2-3-17-4-5-19(29)11-21(17)20-6-7-32-25-22(28(36)37)14-38-26(20)25/h4-7,9-11,14H,8H2,1H3,(H,36,37). The van der Waals surface area contributed by atoms with E-state index in [1.807, 2.05) is 12.1 Å². The lowest BCUT2D eigenvalue weighted by Crippen LogP contribution is -2.24. The van der Waals surface area contributed by atoms with Crippen LogP contribution in [0.1, 0.15) is 32.9 Å². The van der Waals surface area contributed by atoms with E-state index >= 15 is 0 Å². The van der Waals surface area contributed by atoms with Crippen molar-refractivity contribution in [3.63, 3.8) is 0 Å². The molecule has 0 saturated heterocycles. The number of carboxylic acids is 1. The van der Waals surface area contributed by atoms with Crippen molar-refractivity contribution >= 4 is 50.0 Å². The van der Waals surface area contributed by atoms with Crippen LogP contribution in [-0.4, -0.2) is 25.6 Å². The summed E-state index contributed by atoms with van der Waals surface area (Å²) < 4.78 is 2.07. The molecule has 5 rings (SSSR count). The van der Waals surface area contributed by atoms with Crippen molar-refractivity contribution in [3.05, 3.63) is 91.4 Å². The number of hydrogen-bond donors (Lipinski definition) is 1. The zero-order valence-electron chi connectivity index (χ0n) is 19.6. The average molecular weight is 536 g/mol. The molecule has 5 aromatic rings. The molecule has 0 saturated carbocycles. The summed E-state index contributed by atoms with van der Waals surface area (Å²) in [5, 5.41) is 30.4. The molecular weight excluding hydrogens is 522 g/mol. The molecule has 0 unspecified atom stereocenters. The van der Waals surface area contributed by atoms with Gasteiger partial charge in [-0.15, -0.1) is 11.3 Å². The molecule has 8 nitrogen and oxygen atoms in total. The Morgan fingerprint density at radius 3 is 2.68 bits per heavy atom. The fourth-order valence-electron chi connectivity index (χ4n) is 4.15. The minimum Gasteiger partial charge on any atom is -0.478 e. The molecule has 10 heteroatoms. The van der Waals surface area contributed by atoms with Gasteiger partial charge in [-0.05, 0) is 43.3 Å². The number of aryl methyl sites for hydroxylation is 1. The van der Waals surface area contributed by atoms with Crippen LogP contribution in [0, 0.1) is 41.4 Å². The van der Waals surface area contributed by atoms with Crippen molar-refractivity contribution in [2.45, 2.75) is 13.5 Å². The maximum atomic E-state index is 13.3. The van der Waals surface area contributed by atoms with Crippen molar-refractivity contribution in [1.82, 2.24) is 14.5 Å². The molecule has 0 aliphatic rings. The molecule has 3 aromatic heterocycles. The van der Waals surface area contributed by atoms with Gasteiger partial charge >= 0.3 is 5.97 Å². The molecule has 38 heavy (non-hydrogen) atoms. The first-order valence-electron chi connectivity index (χ1n) is 11.1. The fourth-order valence-corrected chi connectivity index (χ4v) is 5.35. The molecule has 3 heterocycles. The number of nitrogens with zero attached hydrogens (tertiary/aromatic N) is 5. The second kappa shape index (κ2) is 9.80. The third-order valence-electron chi connectivity index (χ3n) is 5.92. The minimum absolute atomic E-state index is 0.00840. The van der Waals surface area contributed by atoms with Gasteiger partial charge in [0.25, 0.3) is 5.56 Å². The Balaban J connectivity index is 1.60. The molecule has 0 amide bonds. The molecule has 0 fully saturated rings. The van der Waals surface area contributed by atoms with E-state index in [1.54, 1.807) is 42.8 Å². The van der Waals surface area contributed by atoms with Gasteiger partial charge < -0.3 is 5.11 Å². The summed E-state index contributed by atoms with van der Waals surface area (Å²) in [6.45, 7) is 1.67. The minimum atomic E-state index is -1.06. The third kappa shape index (κ3) is 4.25. The van der Waals surface area contributed by atoms with Crippen LogP contribution in [0.4, 0.5) is 0 Å². The zero-order chi connectivity index (χ0) is 27.0. The highest BCUT2D eigenvalue weighted by molar-refractivity contribution is 7.18. The fraction of sp³-hybridized carbons (Fsp3) is 0.0714. The normalized spacial score (nSPS) is 10.5. The maximum Gasteiger partial charge on any atom is 0.338 e. The van der Waals surface area contributed by atoms with E-state index in [2.05, 4.69) is 21.8 Å². The Hall–Kier alpha value is -5.01. The number of carbonyl (C=O) groups is 1. The summed E-state index contributed by atoms with van der Waals surface area (Å²) in [7, 11) is 0. The summed E-state index contributed by atoms with van der Waals surface area (Å²) in [5.74, 6) is 5.44. The topological polar surface area (TPSA) is 133 Å². The molecule has 2 aromatic carbocycles. The van der Waals surface area contributed by atoms with E-state index in [-0.39, 0.29) is 34.1 Å². The van der Waals surface area contributed by atoms with Crippen molar-refractivity contribution in [2.24, 2.45) is 0 Å². The maximum absolute atomic E-state index is 13.3. The number of pyridine rings is 1. The quantitative estimate of drug-likeness (QED) is 0.317. The molecule has 0 spiro atoms. The first-order chi connectivity index (χ1) is 18.3. The smallest absolute Gasteiger partial charge is 0.338 e. The number of carboxylic acid groups (broad SMARTS) is 1. The largest absolute Gasteiger partial charge is 0.478 e. The summed E-state index contributed by atoms with van der Waals surface area (Å²) in [6, 6.07) is 13.8. The van der Waals surface area contributed by atoms with Crippen LogP contribution in [0.5, 0.6) is 0 Å². The van der Waals surface area contributed by atoms with E-state index < -0.39 is 11.5 Å². The van der Waals surface area contributed by atoms with Crippen molar-refractivity contribution in [1.29, 1.82) is 10.5 Å². The molecule has 0 bridgehead atoms. The Kier molecular flexibility index (Phi) is 6.36. The van der Waals surface area contributed by atoms with Gasteiger partial charge in [0.05, 0.1) is 50.4 Å². The van der Waals surface area contributed by atoms with Gasteiger partial charge in [0.2, 0.25) is 0 Å². The highest BCUT2D eigenvalue weighted by Crippen LogP contribution is 2.36. The van der Waals surface area contributed by atoms with E-state index in [1.165, 1.54) is 28.0 Å². The van der Waals surface area contributed by atoms with Crippen LogP contribution >= 0.6 is 22.9 Å².